The summed E-state index contributed by atoms with van der Waals surface area (Å²) >= 11 is 9.53. The van der Waals surface area contributed by atoms with Gasteiger partial charge in [-0.15, -0.1) is 0 Å². The second-order valence-corrected chi connectivity index (χ2v) is 7.98. The molecule has 0 radical (unpaired) electrons. The number of aryl methyl sites for hydroxylation is 1. The van der Waals surface area contributed by atoms with Gasteiger partial charge >= 0.3 is 0 Å². The molecule has 1 atom stereocenters. The summed E-state index contributed by atoms with van der Waals surface area (Å²) < 4.78 is 13.7. The summed E-state index contributed by atoms with van der Waals surface area (Å²) in [5, 5.41) is 3.70. The van der Waals surface area contributed by atoms with Crippen LogP contribution in [0, 0.1) is 0 Å². The number of ether oxygens (including phenoxy) is 2. The van der Waals surface area contributed by atoms with Crippen molar-refractivity contribution < 1.29 is 14.3 Å². The molecule has 158 valence electrons. The lowest BCUT2D eigenvalue weighted by Crippen LogP contribution is -2.31. The Hall–Kier alpha value is -2.51. The molecule has 0 saturated carbocycles. The first-order valence-electron chi connectivity index (χ1n) is 9.48. The van der Waals surface area contributed by atoms with E-state index in [9.17, 15) is 4.79 Å². The number of methoxy groups -OCH3 is 1. The van der Waals surface area contributed by atoms with Crippen molar-refractivity contribution in [3.05, 3.63) is 75.2 Å². The van der Waals surface area contributed by atoms with E-state index in [1.54, 1.807) is 37.6 Å². The van der Waals surface area contributed by atoms with E-state index in [-0.39, 0.29) is 5.91 Å². The van der Waals surface area contributed by atoms with Crippen LogP contribution in [-0.2, 0) is 7.05 Å². The fourth-order valence-corrected chi connectivity index (χ4v) is 3.70. The number of carbonyl (C=O) groups excluding carboxylic acids is 1. The van der Waals surface area contributed by atoms with Crippen LogP contribution >= 0.6 is 27.5 Å². The van der Waals surface area contributed by atoms with Crippen molar-refractivity contribution in [2.24, 2.45) is 7.05 Å². The predicted octanol–water partition coefficient (Wildman–Crippen LogP) is 5.15. The molecule has 6 nitrogen and oxygen atoms in total. The monoisotopic (exact) mass is 491 g/mol. The highest BCUT2D eigenvalue weighted by molar-refractivity contribution is 9.10. The van der Waals surface area contributed by atoms with E-state index in [4.69, 9.17) is 21.1 Å². The van der Waals surface area contributed by atoms with Crippen LogP contribution in [-0.4, -0.2) is 29.2 Å². The maximum absolute atomic E-state index is 13.2. The molecular formula is C22H23BrClN3O3. The Morgan fingerprint density at radius 2 is 2.03 bits per heavy atom. The third-order valence-corrected chi connectivity index (χ3v) is 5.38. The van der Waals surface area contributed by atoms with E-state index in [1.807, 2.05) is 36.9 Å². The Labute approximate surface area is 189 Å². The predicted molar refractivity (Wildman–Crippen MR) is 120 cm³/mol. The molecule has 3 aromatic rings. The number of hydrogen-bond acceptors (Lipinski definition) is 4. The van der Waals surface area contributed by atoms with Gasteiger partial charge in [0.2, 0.25) is 0 Å². The van der Waals surface area contributed by atoms with Gasteiger partial charge in [0.1, 0.15) is 11.9 Å². The minimum Gasteiger partial charge on any atom is -0.493 e. The molecule has 3 rings (SSSR count). The molecule has 1 amide bonds. The third-order valence-electron chi connectivity index (χ3n) is 4.54. The Kier molecular flexibility index (Phi) is 7.39. The molecule has 8 heteroatoms. The topological polar surface area (TPSA) is 65.4 Å². The molecule has 0 fully saturated rings. The number of benzene rings is 2. The van der Waals surface area contributed by atoms with Gasteiger partial charge in [-0.2, -0.15) is 0 Å². The van der Waals surface area contributed by atoms with Crippen LogP contribution in [0.5, 0.6) is 11.5 Å². The SMILES string of the molecule is CCCOc1c(Br)cc(C(=O)N[C@H](c2ccc(Cl)cc2)c2nccn2C)cc1OC. The molecule has 0 aliphatic heterocycles. The van der Waals surface area contributed by atoms with Gasteiger partial charge < -0.3 is 19.4 Å². The van der Waals surface area contributed by atoms with Gasteiger partial charge in [-0.25, -0.2) is 4.98 Å². The molecule has 0 aliphatic carbocycles. The molecule has 1 heterocycles. The summed E-state index contributed by atoms with van der Waals surface area (Å²) in [6.07, 6.45) is 4.40. The number of halogens is 2. The van der Waals surface area contributed by atoms with Gasteiger partial charge in [-0.1, -0.05) is 30.7 Å². The number of imidazole rings is 1. The maximum atomic E-state index is 13.2. The number of hydrogen-bond donors (Lipinski definition) is 1. The minimum absolute atomic E-state index is 0.265. The molecule has 0 aliphatic rings. The number of rotatable bonds is 8. The van der Waals surface area contributed by atoms with Gasteiger partial charge in [0.25, 0.3) is 5.91 Å². The van der Waals surface area contributed by atoms with Crippen LogP contribution in [0.4, 0.5) is 0 Å². The summed E-state index contributed by atoms with van der Waals surface area (Å²) in [4.78, 5) is 17.6. The van der Waals surface area contributed by atoms with Crippen molar-refractivity contribution in [2.45, 2.75) is 19.4 Å². The smallest absolute Gasteiger partial charge is 0.252 e. The van der Waals surface area contributed by atoms with Crippen LogP contribution in [0.15, 0.2) is 53.3 Å². The van der Waals surface area contributed by atoms with Gasteiger partial charge in [0.15, 0.2) is 11.5 Å². The van der Waals surface area contributed by atoms with Crippen molar-refractivity contribution in [3.63, 3.8) is 0 Å². The van der Waals surface area contributed by atoms with Gasteiger partial charge in [0.05, 0.1) is 18.2 Å². The van der Waals surface area contributed by atoms with E-state index in [1.165, 1.54) is 0 Å². The standard InChI is InChI=1S/C22H23BrClN3O3/c1-4-11-30-20-17(23)12-15(13-18(20)29-3)22(28)26-19(21-25-9-10-27(21)2)14-5-7-16(24)8-6-14/h5-10,12-13,19H,4,11H2,1-3H3,(H,26,28)/t19-/m1/s1. The Balaban J connectivity index is 1.93. The molecule has 2 aromatic carbocycles. The lowest BCUT2D eigenvalue weighted by Gasteiger charge is -2.20. The highest BCUT2D eigenvalue weighted by atomic mass is 79.9. The highest BCUT2D eigenvalue weighted by Crippen LogP contribution is 2.37. The Morgan fingerprint density at radius 1 is 1.30 bits per heavy atom. The van der Waals surface area contributed by atoms with Crippen LogP contribution < -0.4 is 14.8 Å². The Bertz CT molecular complexity index is 1020. The van der Waals surface area contributed by atoms with Gasteiger partial charge in [-0.05, 0) is 52.2 Å². The summed E-state index contributed by atoms with van der Waals surface area (Å²) in [6.45, 7) is 2.58. The van der Waals surface area contributed by atoms with Crippen LogP contribution in [0.3, 0.4) is 0 Å². The van der Waals surface area contributed by atoms with Gasteiger partial charge in [0, 0.05) is 30.0 Å². The third kappa shape index (κ3) is 4.96. The van der Waals surface area contributed by atoms with E-state index >= 15 is 0 Å². The van der Waals surface area contributed by atoms with Crippen molar-refractivity contribution in [1.29, 1.82) is 0 Å². The molecule has 1 N–H and O–H groups in total. The summed E-state index contributed by atoms with van der Waals surface area (Å²) in [7, 11) is 3.43. The van der Waals surface area contributed by atoms with E-state index in [2.05, 4.69) is 26.2 Å². The Morgan fingerprint density at radius 3 is 2.63 bits per heavy atom. The largest absolute Gasteiger partial charge is 0.493 e. The highest BCUT2D eigenvalue weighted by Gasteiger charge is 2.23. The number of carbonyl (C=O) groups is 1. The van der Waals surface area contributed by atoms with Crippen molar-refractivity contribution >= 4 is 33.4 Å². The number of aromatic nitrogens is 2. The molecule has 0 unspecified atom stereocenters. The fourth-order valence-electron chi connectivity index (χ4n) is 3.02. The van der Waals surface area contributed by atoms with E-state index < -0.39 is 6.04 Å². The van der Waals surface area contributed by atoms with E-state index in [0.717, 1.165) is 12.0 Å². The quantitative estimate of drug-likeness (QED) is 0.472. The van der Waals surface area contributed by atoms with E-state index in [0.29, 0.717) is 39.0 Å². The zero-order valence-corrected chi connectivity index (χ0v) is 19.3. The minimum atomic E-state index is -0.449. The second-order valence-electron chi connectivity index (χ2n) is 6.69. The average Bonchev–Trinajstić information content (AvgIpc) is 3.16. The summed E-state index contributed by atoms with van der Waals surface area (Å²) in [5.41, 5.74) is 1.31. The number of amides is 1. The lowest BCUT2D eigenvalue weighted by atomic mass is 10.1. The van der Waals surface area contributed by atoms with Crippen molar-refractivity contribution in [2.75, 3.05) is 13.7 Å². The molecule has 1 aromatic heterocycles. The molecular weight excluding hydrogens is 470 g/mol. The van der Waals surface area contributed by atoms with Crippen LogP contribution in [0.2, 0.25) is 5.02 Å². The zero-order chi connectivity index (χ0) is 21.7. The normalized spacial score (nSPS) is 11.8. The second kappa shape index (κ2) is 10.00. The first kappa shape index (κ1) is 22.2. The maximum Gasteiger partial charge on any atom is 0.252 e. The first-order chi connectivity index (χ1) is 14.4. The number of nitrogens with zero attached hydrogens (tertiary/aromatic N) is 2. The zero-order valence-electron chi connectivity index (χ0n) is 17.0. The summed E-state index contributed by atoms with van der Waals surface area (Å²) in [5.74, 6) is 1.51. The molecule has 30 heavy (non-hydrogen) atoms. The number of nitrogens with one attached hydrogen (secondary N) is 1. The van der Waals surface area contributed by atoms with Gasteiger partial charge in [-0.3, -0.25) is 4.79 Å². The first-order valence-corrected chi connectivity index (χ1v) is 10.7. The van der Waals surface area contributed by atoms with Crippen molar-refractivity contribution in [3.8, 4) is 11.5 Å². The fraction of sp³-hybridized carbons (Fsp3) is 0.273. The van der Waals surface area contributed by atoms with Crippen LogP contribution in [0.1, 0.15) is 41.1 Å². The molecule has 0 bridgehead atoms. The molecule has 0 spiro atoms. The van der Waals surface area contributed by atoms with Crippen LogP contribution in [0.25, 0.3) is 0 Å². The molecule has 0 saturated heterocycles. The van der Waals surface area contributed by atoms with Crippen molar-refractivity contribution in [1.82, 2.24) is 14.9 Å². The average molecular weight is 493 g/mol. The lowest BCUT2D eigenvalue weighted by molar-refractivity contribution is 0.0940. The summed E-state index contributed by atoms with van der Waals surface area (Å²) in [6, 6.07) is 10.3.